The quantitative estimate of drug-likeness (QED) is 0.864. The number of aromatic nitrogens is 1. The highest BCUT2D eigenvalue weighted by atomic mass is 32.2. The van der Waals surface area contributed by atoms with Crippen LogP contribution < -0.4 is 5.73 Å². The Bertz CT molecular complexity index is 504. The van der Waals surface area contributed by atoms with Crippen molar-refractivity contribution in [3.05, 3.63) is 29.8 Å². The van der Waals surface area contributed by atoms with Crippen LogP contribution in [0.25, 0.3) is 0 Å². The van der Waals surface area contributed by atoms with Crippen molar-refractivity contribution < 1.29 is 12.8 Å². The van der Waals surface area contributed by atoms with Gasteiger partial charge in [-0.3, -0.25) is 4.98 Å². The van der Waals surface area contributed by atoms with Crippen LogP contribution in [0.2, 0.25) is 0 Å². The fourth-order valence-corrected chi connectivity index (χ4v) is 4.25. The number of halogens is 1. The summed E-state index contributed by atoms with van der Waals surface area (Å²) in [4.78, 5) is 3.70. The molecule has 1 aliphatic heterocycles. The molecule has 2 heterocycles. The van der Waals surface area contributed by atoms with E-state index < -0.39 is 26.9 Å². The summed E-state index contributed by atoms with van der Waals surface area (Å²) in [5.41, 5.74) is 6.37. The predicted molar refractivity (Wildman–Crippen MR) is 62.5 cm³/mol. The number of nitrogens with two attached hydrogens (primary N) is 1. The molecule has 0 spiro atoms. The van der Waals surface area contributed by atoms with Gasteiger partial charge in [0, 0.05) is 12.2 Å². The van der Waals surface area contributed by atoms with Gasteiger partial charge in [0.2, 0.25) is 0 Å². The van der Waals surface area contributed by atoms with Crippen LogP contribution >= 0.6 is 0 Å². The van der Waals surface area contributed by atoms with E-state index in [4.69, 9.17) is 5.73 Å². The molecule has 0 bridgehead atoms. The minimum atomic E-state index is -3.16. The highest BCUT2D eigenvalue weighted by Crippen LogP contribution is 2.28. The Balaban J connectivity index is 2.28. The molecule has 17 heavy (non-hydrogen) atoms. The lowest BCUT2D eigenvalue weighted by molar-refractivity contribution is 0.502. The van der Waals surface area contributed by atoms with Crippen molar-refractivity contribution >= 4 is 9.84 Å². The molecule has 1 aromatic rings. The molecular weight excluding hydrogens is 243 g/mol. The summed E-state index contributed by atoms with van der Waals surface area (Å²) in [7, 11) is -3.16. The van der Waals surface area contributed by atoms with Crippen molar-refractivity contribution in [2.24, 2.45) is 5.73 Å². The van der Waals surface area contributed by atoms with Crippen molar-refractivity contribution in [3.8, 4) is 0 Å². The lowest BCUT2D eigenvalue weighted by Gasteiger charge is -2.27. The molecule has 0 aromatic carbocycles. The van der Waals surface area contributed by atoms with Crippen molar-refractivity contribution in [3.63, 3.8) is 0 Å². The van der Waals surface area contributed by atoms with Crippen LogP contribution in [0, 0.1) is 5.82 Å². The van der Waals surface area contributed by atoms with Crippen LogP contribution in [0.15, 0.2) is 18.5 Å². The Morgan fingerprint density at radius 2 is 2.18 bits per heavy atom. The predicted octanol–water partition coefficient (Wildman–Crippen LogP) is 1.19. The van der Waals surface area contributed by atoms with Crippen LogP contribution in [0.5, 0.6) is 0 Å². The molecule has 1 fully saturated rings. The minimum Gasteiger partial charge on any atom is -0.323 e. The van der Waals surface area contributed by atoms with E-state index in [0.29, 0.717) is 18.4 Å². The maximum Gasteiger partial charge on any atom is 0.155 e. The summed E-state index contributed by atoms with van der Waals surface area (Å²) in [6.07, 6.45) is 4.58. The first-order valence-electron chi connectivity index (χ1n) is 5.58. The molecule has 1 aliphatic rings. The second kappa shape index (κ2) is 4.70. The molecule has 2 rings (SSSR count). The van der Waals surface area contributed by atoms with Crippen LogP contribution in [0.4, 0.5) is 4.39 Å². The normalized spacial score (nSPS) is 25.4. The average molecular weight is 258 g/mol. The Kier molecular flexibility index (Phi) is 3.44. The lowest BCUT2D eigenvalue weighted by Crippen LogP contribution is -2.37. The number of rotatable bonds is 2. The van der Waals surface area contributed by atoms with Gasteiger partial charge in [0.1, 0.15) is 5.82 Å². The molecule has 0 amide bonds. The van der Waals surface area contributed by atoms with Gasteiger partial charge in [0.25, 0.3) is 0 Å². The standard InChI is InChI=1S/C11H15FN2O2S/c12-9-5-8(6-14-7-9)11(13)10-3-1-2-4-17(10,15)16/h5-7,10-11H,1-4,13H2. The van der Waals surface area contributed by atoms with Crippen LogP contribution in [-0.4, -0.2) is 24.4 Å². The van der Waals surface area contributed by atoms with Gasteiger partial charge in [-0.1, -0.05) is 6.42 Å². The van der Waals surface area contributed by atoms with Gasteiger partial charge in [0.15, 0.2) is 9.84 Å². The van der Waals surface area contributed by atoms with Gasteiger partial charge < -0.3 is 5.73 Å². The summed E-state index contributed by atoms with van der Waals surface area (Å²) < 4.78 is 36.8. The molecule has 0 aliphatic carbocycles. The van der Waals surface area contributed by atoms with E-state index in [1.54, 1.807) is 0 Å². The molecule has 2 atom stereocenters. The van der Waals surface area contributed by atoms with Gasteiger partial charge in [-0.15, -0.1) is 0 Å². The van der Waals surface area contributed by atoms with E-state index in [2.05, 4.69) is 4.98 Å². The van der Waals surface area contributed by atoms with Gasteiger partial charge in [-0.05, 0) is 24.5 Å². The molecule has 2 N–H and O–H groups in total. The van der Waals surface area contributed by atoms with Crippen LogP contribution in [0.1, 0.15) is 30.9 Å². The second-order valence-corrected chi connectivity index (χ2v) is 6.70. The maximum atomic E-state index is 13.0. The number of hydrogen-bond acceptors (Lipinski definition) is 4. The number of pyridine rings is 1. The summed E-state index contributed by atoms with van der Waals surface area (Å²) in [6.45, 7) is 0. The first kappa shape index (κ1) is 12.4. The van der Waals surface area contributed by atoms with E-state index >= 15 is 0 Å². The number of hydrogen-bond donors (Lipinski definition) is 1. The largest absolute Gasteiger partial charge is 0.323 e. The van der Waals surface area contributed by atoms with E-state index in [9.17, 15) is 12.8 Å². The number of nitrogens with zero attached hydrogens (tertiary/aromatic N) is 1. The van der Waals surface area contributed by atoms with Crippen molar-refractivity contribution in [2.45, 2.75) is 30.6 Å². The molecule has 94 valence electrons. The van der Waals surface area contributed by atoms with Gasteiger partial charge in [0.05, 0.1) is 17.2 Å². The molecule has 0 radical (unpaired) electrons. The third-order valence-electron chi connectivity index (χ3n) is 3.14. The van der Waals surface area contributed by atoms with E-state index in [-0.39, 0.29) is 5.75 Å². The minimum absolute atomic E-state index is 0.175. The Morgan fingerprint density at radius 1 is 1.41 bits per heavy atom. The van der Waals surface area contributed by atoms with Gasteiger partial charge in [-0.2, -0.15) is 0 Å². The maximum absolute atomic E-state index is 13.0. The Hall–Kier alpha value is -1.01. The molecule has 1 saturated heterocycles. The Labute approximate surface area is 100.0 Å². The van der Waals surface area contributed by atoms with Crippen molar-refractivity contribution in [1.29, 1.82) is 0 Å². The molecule has 0 saturated carbocycles. The Morgan fingerprint density at radius 3 is 2.82 bits per heavy atom. The highest BCUT2D eigenvalue weighted by molar-refractivity contribution is 7.92. The second-order valence-electron chi connectivity index (χ2n) is 4.36. The van der Waals surface area contributed by atoms with Crippen molar-refractivity contribution in [2.75, 3.05) is 5.75 Å². The summed E-state index contributed by atoms with van der Waals surface area (Å²) >= 11 is 0. The monoisotopic (exact) mass is 258 g/mol. The fraction of sp³-hybridized carbons (Fsp3) is 0.545. The highest BCUT2D eigenvalue weighted by Gasteiger charge is 2.34. The number of sulfone groups is 1. The molecule has 6 heteroatoms. The molecule has 4 nitrogen and oxygen atoms in total. The lowest BCUT2D eigenvalue weighted by atomic mass is 10.0. The molecule has 1 aromatic heterocycles. The summed E-state index contributed by atoms with van der Waals surface area (Å²) in [5, 5.41) is -0.611. The molecule has 2 unspecified atom stereocenters. The van der Waals surface area contributed by atoms with Crippen LogP contribution in [0.3, 0.4) is 0 Å². The first-order valence-corrected chi connectivity index (χ1v) is 7.30. The third kappa shape index (κ3) is 2.63. The first-order chi connectivity index (χ1) is 8.00. The van der Waals surface area contributed by atoms with Crippen LogP contribution in [-0.2, 0) is 9.84 Å². The topological polar surface area (TPSA) is 73.0 Å². The van der Waals surface area contributed by atoms with E-state index in [1.807, 2.05) is 0 Å². The zero-order chi connectivity index (χ0) is 12.5. The van der Waals surface area contributed by atoms with E-state index in [1.165, 1.54) is 12.3 Å². The van der Waals surface area contributed by atoms with E-state index in [0.717, 1.165) is 12.6 Å². The summed E-state index contributed by atoms with van der Waals surface area (Å²) in [5.74, 6) is -0.320. The zero-order valence-electron chi connectivity index (χ0n) is 9.34. The van der Waals surface area contributed by atoms with Gasteiger partial charge in [-0.25, -0.2) is 12.8 Å². The van der Waals surface area contributed by atoms with Crippen molar-refractivity contribution in [1.82, 2.24) is 4.98 Å². The third-order valence-corrected chi connectivity index (χ3v) is 5.45. The zero-order valence-corrected chi connectivity index (χ0v) is 10.2. The SMILES string of the molecule is NC(c1cncc(F)c1)C1CCCCS1(=O)=O. The summed E-state index contributed by atoms with van der Waals surface area (Å²) in [6, 6.07) is 0.561. The average Bonchev–Trinajstić information content (AvgIpc) is 2.27. The smallest absolute Gasteiger partial charge is 0.155 e. The fourth-order valence-electron chi connectivity index (χ4n) is 2.21. The van der Waals surface area contributed by atoms with Gasteiger partial charge >= 0.3 is 0 Å². The molecular formula is C11H15FN2O2S.